The maximum absolute atomic E-state index is 12.4. The zero-order chi connectivity index (χ0) is 17.5. The van der Waals surface area contributed by atoms with Crippen molar-refractivity contribution in [3.63, 3.8) is 0 Å². The van der Waals surface area contributed by atoms with Crippen LogP contribution in [0.4, 0.5) is 5.69 Å². The van der Waals surface area contributed by atoms with E-state index in [4.69, 9.17) is 0 Å². The van der Waals surface area contributed by atoms with Gasteiger partial charge in [0.05, 0.1) is 11.3 Å². The van der Waals surface area contributed by atoms with E-state index in [1.54, 1.807) is 6.20 Å². The average Bonchev–Trinajstić information content (AvgIpc) is 2.89. The van der Waals surface area contributed by atoms with Crippen LogP contribution in [-0.4, -0.2) is 16.9 Å². The van der Waals surface area contributed by atoms with Gasteiger partial charge in [-0.25, -0.2) is 0 Å². The molecule has 1 amide bonds. The van der Waals surface area contributed by atoms with Crippen molar-refractivity contribution in [1.29, 1.82) is 0 Å². The van der Waals surface area contributed by atoms with Crippen molar-refractivity contribution in [2.45, 2.75) is 58.0 Å². The van der Waals surface area contributed by atoms with Crippen molar-refractivity contribution < 1.29 is 4.79 Å². The maximum atomic E-state index is 12.4. The Morgan fingerprint density at radius 2 is 1.92 bits per heavy atom. The van der Waals surface area contributed by atoms with Crippen LogP contribution < -0.4 is 10.6 Å². The number of benzene rings is 1. The summed E-state index contributed by atoms with van der Waals surface area (Å²) in [4.78, 5) is 16.7. The summed E-state index contributed by atoms with van der Waals surface area (Å²) in [5, 5.41) is 6.53. The SMILES string of the molecule is Cc1cccc(CNC(=O)c2cncc(NC3CCCCCC3)c2)c1. The summed E-state index contributed by atoms with van der Waals surface area (Å²) in [6.45, 7) is 2.58. The van der Waals surface area contributed by atoms with E-state index in [1.165, 1.54) is 44.1 Å². The van der Waals surface area contributed by atoms with E-state index in [0.717, 1.165) is 11.3 Å². The lowest BCUT2D eigenvalue weighted by atomic mass is 10.1. The summed E-state index contributed by atoms with van der Waals surface area (Å²) in [5.41, 5.74) is 3.85. The smallest absolute Gasteiger partial charge is 0.253 e. The molecule has 3 rings (SSSR count). The highest BCUT2D eigenvalue weighted by molar-refractivity contribution is 5.94. The van der Waals surface area contributed by atoms with Gasteiger partial charge in [0, 0.05) is 25.0 Å². The number of carbonyl (C=O) groups is 1. The molecule has 0 aliphatic heterocycles. The first-order valence-corrected chi connectivity index (χ1v) is 9.26. The number of carbonyl (C=O) groups excluding carboxylic acids is 1. The second kappa shape index (κ2) is 8.65. The third kappa shape index (κ3) is 5.31. The molecule has 2 N–H and O–H groups in total. The zero-order valence-corrected chi connectivity index (χ0v) is 14.9. The van der Waals surface area contributed by atoms with Crippen LogP contribution in [0.25, 0.3) is 0 Å². The molecule has 0 radical (unpaired) electrons. The molecule has 1 fully saturated rings. The van der Waals surface area contributed by atoms with Gasteiger partial charge >= 0.3 is 0 Å². The first-order chi connectivity index (χ1) is 12.2. The van der Waals surface area contributed by atoms with Gasteiger partial charge in [0.2, 0.25) is 0 Å². The fourth-order valence-corrected chi connectivity index (χ4v) is 3.41. The Balaban J connectivity index is 1.59. The average molecular weight is 337 g/mol. The van der Waals surface area contributed by atoms with Gasteiger partial charge < -0.3 is 10.6 Å². The lowest BCUT2D eigenvalue weighted by Crippen LogP contribution is -2.23. The quantitative estimate of drug-likeness (QED) is 0.792. The maximum Gasteiger partial charge on any atom is 0.253 e. The van der Waals surface area contributed by atoms with Crippen LogP contribution in [0.3, 0.4) is 0 Å². The lowest BCUT2D eigenvalue weighted by Gasteiger charge is -2.17. The Morgan fingerprint density at radius 3 is 2.68 bits per heavy atom. The van der Waals surface area contributed by atoms with Gasteiger partial charge in [-0.05, 0) is 31.4 Å². The molecule has 1 aromatic heterocycles. The highest BCUT2D eigenvalue weighted by Crippen LogP contribution is 2.21. The van der Waals surface area contributed by atoms with Gasteiger partial charge in [-0.15, -0.1) is 0 Å². The second-order valence-corrected chi connectivity index (χ2v) is 6.97. The number of hydrogen-bond donors (Lipinski definition) is 2. The topological polar surface area (TPSA) is 54.0 Å². The van der Waals surface area contributed by atoms with Crippen LogP contribution in [-0.2, 0) is 6.54 Å². The van der Waals surface area contributed by atoms with Gasteiger partial charge in [-0.2, -0.15) is 0 Å². The number of hydrogen-bond acceptors (Lipinski definition) is 3. The molecule has 0 atom stereocenters. The summed E-state index contributed by atoms with van der Waals surface area (Å²) in [6, 6.07) is 10.6. The third-order valence-electron chi connectivity index (χ3n) is 4.76. The van der Waals surface area contributed by atoms with E-state index in [1.807, 2.05) is 24.4 Å². The van der Waals surface area contributed by atoms with Gasteiger partial charge in [0.25, 0.3) is 5.91 Å². The molecule has 1 aliphatic rings. The van der Waals surface area contributed by atoms with E-state index in [-0.39, 0.29) is 5.91 Å². The lowest BCUT2D eigenvalue weighted by molar-refractivity contribution is 0.0950. The Bertz CT molecular complexity index is 706. The molecule has 4 heteroatoms. The molecular weight excluding hydrogens is 310 g/mol. The van der Waals surface area contributed by atoms with Crippen LogP contribution in [0.5, 0.6) is 0 Å². The highest BCUT2D eigenvalue weighted by Gasteiger charge is 2.13. The fourth-order valence-electron chi connectivity index (χ4n) is 3.41. The number of aryl methyl sites for hydroxylation is 1. The first-order valence-electron chi connectivity index (χ1n) is 9.26. The second-order valence-electron chi connectivity index (χ2n) is 6.97. The standard InChI is InChI=1S/C21H27N3O/c1-16-7-6-8-17(11-16)13-23-21(25)18-12-20(15-22-14-18)24-19-9-4-2-3-5-10-19/h6-8,11-12,14-15,19,24H,2-5,9-10,13H2,1H3,(H,23,25). The van der Waals surface area contributed by atoms with Crippen LogP contribution in [0.15, 0.2) is 42.7 Å². The van der Waals surface area contributed by atoms with E-state index in [0.29, 0.717) is 18.2 Å². The fraction of sp³-hybridized carbons (Fsp3) is 0.429. The summed E-state index contributed by atoms with van der Waals surface area (Å²) in [5.74, 6) is -0.0847. The Kier molecular flexibility index (Phi) is 6.04. The van der Waals surface area contributed by atoms with Crippen molar-refractivity contribution >= 4 is 11.6 Å². The zero-order valence-electron chi connectivity index (χ0n) is 14.9. The van der Waals surface area contributed by atoms with Crippen molar-refractivity contribution in [3.8, 4) is 0 Å². The number of aromatic nitrogens is 1. The molecule has 1 heterocycles. The molecule has 25 heavy (non-hydrogen) atoms. The molecular formula is C21H27N3O. The summed E-state index contributed by atoms with van der Waals surface area (Å²) in [6.07, 6.45) is 11.1. The molecule has 0 unspecified atom stereocenters. The predicted molar refractivity (Wildman–Crippen MR) is 102 cm³/mol. The monoisotopic (exact) mass is 337 g/mol. The molecule has 0 spiro atoms. The molecule has 1 aromatic carbocycles. The summed E-state index contributed by atoms with van der Waals surface area (Å²) >= 11 is 0. The van der Waals surface area contributed by atoms with E-state index in [9.17, 15) is 4.79 Å². The third-order valence-corrected chi connectivity index (χ3v) is 4.76. The number of pyridine rings is 1. The molecule has 0 bridgehead atoms. The van der Waals surface area contributed by atoms with Crippen molar-refractivity contribution in [2.75, 3.05) is 5.32 Å². The van der Waals surface area contributed by atoms with Gasteiger partial charge in [-0.3, -0.25) is 9.78 Å². The first kappa shape index (κ1) is 17.5. The van der Waals surface area contributed by atoms with Crippen molar-refractivity contribution in [3.05, 3.63) is 59.4 Å². The minimum absolute atomic E-state index is 0.0847. The molecule has 0 saturated heterocycles. The number of rotatable bonds is 5. The van der Waals surface area contributed by atoms with Crippen molar-refractivity contribution in [2.24, 2.45) is 0 Å². The Morgan fingerprint density at radius 1 is 1.12 bits per heavy atom. The van der Waals surface area contributed by atoms with Gasteiger partial charge in [0.15, 0.2) is 0 Å². The van der Waals surface area contributed by atoms with E-state index < -0.39 is 0 Å². The van der Waals surface area contributed by atoms with Crippen LogP contribution in [0.2, 0.25) is 0 Å². The number of anilines is 1. The van der Waals surface area contributed by atoms with Gasteiger partial charge in [-0.1, -0.05) is 55.5 Å². The Hall–Kier alpha value is -2.36. The number of amides is 1. The molecule has 132 valence electrons. The normalized spacial score (nSPS) is 15.4. The highest BCUT2D eigenvalue weighted by atomic mass is 16.1. The van der Waals surface area contributed by atoms with Crippen LogP contribution in [0.1, 0.15) is 60.0 Å². The van der Waals surface area contributed by atoms with Gasteiger partial charge in [0.1, 0.15) is 0 Å². The van der Waals surface area contributed by atoms with Crippen molar-refractivity contribution in [1.82, 2.24) is 10.3 Å². The summed E-state index contributed by atoms with van der Waals surface area (Å²) in [7, 11) is 0. The largest absolute Gasteiger partial charge is 0.381 e. The number of nitrogens with zero attached hydrogens (tertiary/aromatic N) is 1. The van der Waals surface area contributed by atoms with E-state index >= 15 is 0 Å². The molecule has 1 saturated carbocycles. The summed E-state index contributed by atoms with van der Waals surface area (Å²) < 4.78 is 0. The molecule has 2 aromatic rings. The Labute approximate surface area is 150 Å². The van der Waals surface area contributed by atoms with E-state index in [2.05, 4.69) is 34.7 Å². The molecule has 1 aliphatic carbocycles. The predicted octanol–water partition coefficient (Wildman–Crippen LogP) is 4.45. The molecule has 4 nitrogen and oxygen atoms in total. The van der Waals surface area contributed by atoms with Crippen LogP contribution in [0, 0.1) is 6.92 Å². The van der Waals surface area contributed by atoms with Crippen LogP contribution >= 0.6 is 0 Å². The minimum atomic E-state index is -0.0847. The minimum Gasteiger partial charge on any atom is -0.381 e. The number of nitrogens with one attached hydrogen (secondary N) is 2.